The van der Waals surface area contributed by atoms with Gasteiger partial charge in [0.25, 0.3) is 0 Å². The van der Waals surface area contributed by atoms with Gasteiger partial charge in [-0.1, -0.05) is 57.2 Å². The van der Waals surface area contributed by atoms with Gasteiger partial charge in [-0.25, -0.2) is 4.98 Å². The van der Waals surface area contributed by atoms with E-state index in [-0.39, 0.29) is 35.6 Å². The number of pyridine rings is 1. The second-order valence-corrected chi connectivity index (χ2v) is 8.68. The van der Waals surface area contributed by atoms with Crippen molar-refractivity contribution in [3.8, 4) is 17.2 Å². The van der Waals surface area contributed by atoms with Crippen molar-refractivity contribution in [2.45, 2.75) is 46.3 Å². The number of Topliss-reactive ketones (excluding diaryl/α,β-unsaturated/α-hetero) is 1. The highest BCUT2D eigenvalue weighted by molar-refractivity contribution is 5.99. The molecule has 2 aromatic carbocycles. The van der Waals surface area contributed by atoms with Crippen LogP contribution in [0, 0.1) is 11.8 Å². The molecule has 0 fully saturated rings. The molecule has 0 bridgehead atoms. The van der Waals surface area contributed by atoms with Crippen LogP contribution in [0.3, 0.4) is 0 Å². The Morgan fingerprint density at radius 2 is 1.68 bits per heavy atom. The summed E-state index contributed by atoms with van der Waals surface area (Å²) in [6.07, 6.45) is 0.277. The van der Waals surface area contributed by atoms with E-state index in [0.717, 1.165) is 16.5 Å². The van der Waals surface area contributed by atoms with Crippen molar-refractivity contribution in [3.05, 3.63) is 60.4 Å². The molecule has 3 atom stereocenters. The number of aromatic hydroxyl groups is 1. The summed E-state index contributed by atoms with van der Waals surface area (Å²) in [4.78, 5) is 29.3. The molecule has 0 aliphatic heterocycles. The van der Waals surface area contributed by atoms with E-state index in [2.05, 4.69) is 4.98 Å². The van der Waals surface area contributed by atoms with Gasteiger partial charge in [0.2, 0.25) is 0 Å². The van der Waals surface area contributed by atoms with Gasteiger partial charge < -0.3 is 19.3 Å². The first-order chi connectivity index (χ1) is 16.2. The van der Waals surface area contributed by atoms with Crippen LogP contribution in [-0.2, 0) is 9.53 Å². The zero-order chi connectivity index (χ0) is 24.8. The number of hydrogen-bond donors (Lipinski definition) is 1. The van der Waals surface area contributed by atoms with E-state index in [4.69, 9.17) is 14.2 Å². The number of fused-ring (bicyclic) bond motifs is 1. The first-order valence-corrected chi connectivity index (χ1v) is 11.3. The third-order valence-electron chi connectivity index (χ3n) is 5.70. The number of carbonyl (C=O) groups excluding carboxylic acids is 2. The average Bonchev–Trinajstić information content (AvgIpc) is 2.82. The van der Waals surface area contributed by atoms with Crippen LogP contribution in [-0.4, -0.2) is 41.2 Å². The predicted molar refractivity (Wildman–Crippen MR) is 129 cm³/mol. The van der Waals surface area contributed by atoms with Crippen LogP contribution in [0.15, 0.2) is 54.7 Å². The van der Waals surface area contributed by atoms with Gasteiger partial charge in [-0.15, -0.1) is 0 Å². The van der Waals surface area contributed by atoms with Crippen LogP contribution in [0.5, 0.6) is 17.2 Å². The summed E-state index contributed by atoms with van der Waals surface area (Å²) in [6, 6.07) is 15.2. The van der Waals surface area contributed by atoms with Gasteiger partial charge in [-0.05, 0) is 24.3 Å². The van der Waals surface area contributed by atoms with Crippen LogP contribution in [0.4, 0.5) is 0 Å². The van der Waals surface area contributed by atoms with Crippen molar-refractivity contribution in [1.29, 1.82) is 0 Å². The summed E-state index contributed by atoms with van der Waals surface area (Å²) in [5.74, 6) is -1.12. The van der Waals surface area contributed by atoms with E-state index in [9.17, 15) is 14.7 Å². The van der Waals surface area contributed by atoms with Gasteiger partial charge in [-0.2, -0.15) is 0 Å². The van der Waals surface area contributed by atoms with Gasteiger partial charge in [-0.3, -0.25) is 9.59 Å². The molecule has 0 aliphatic carbocycles. The molecule has 3 aromatic rings. The normalized spacial score (nSPS) is 13.8. The summed E-state index contributed by atoms with van der Waals surface area (Å²) >= 11 is 0. The molecule has 0 amide bonds. The number of rotatable bonds is 10. The SMILES string of the molecule is COc1ccnc(C(=O)C[C@@H](C)C(=O)O[C@@H](C)[C@H](Oc2cccc3ccccc23)C(C)C)c1O. The van der Waals surface area contributed by atoms with Crippen LogP contribution in [0.1, 0.15) is 44.6 Å². The van der Waals surface area contributed by atoms with Crippen LogP contribution >= 0.6 is 0 Å². The van der Waals surface area contributed by atoms with E-state index in [1.54, 1.807) is 13.8 Å². The Hall–Kier alpha value is -3.61. The fraction of sp³-hybridized carbons (Fsp3) is 0.370. The Kier molecular flexibility index (Phi) is 8.10. The fourth-order valence-corrected chi connectivity index (χ4v) is 3.85. The van der Waals surface area contributed by atoms with E-state index < -0.39 is 23.8 Å². The quantitative estimate of drug-likeness (QED) is 0.325. The van der Waals surface area contributed by atoms with Gasteiger partial charge in [0, 0.05) is 24.1 Å². The first-order valence-electron chi connectivity index (χ1n) is 11.3. The van der Waals surface area contributed by atoms with Gasteiger partial charge in [0.1, 0.15) is 18.0 Å². The van der Waals surface area contributed by atoms with E-state index >= 15 is 0 Å². The zero-order valence-corrected chi connectivity index (χ0v) is 20.1. The summed E-state index contributed by atoms with van der Waals surface area (Å²) < 4.78 is 17.0. The second kappa shape index (κ2) is 11.0. The Morgan fingerprint density at radius 3 is 2.38 bits per heavy atom. The average molecular weight is 466 g/mol. The Morgan fingerprint density at radius 1 is 0.971 bits per heavy atom. The molecule has 7 nitrogen and oxygen atoms in total. The summed E-state index contributed by atoms with van der Waals surface area (Å²) in [5, 5.41) is 12.2. The summed E-state index contributed by atoms with van der Waals surface area (Å²) in [6.45, 7) is 7.41. The number of hydrogen-bond acceptors (Lipinski definition) is 7. The molecule has 1 N–H and O–H groups in total. The highest BCUT2D eigenvalue weighted by Gasteiger charge is 2.30. The number of nitrogens with zero attached hydrogens (tertiary/aromatic N) is 1. The molecule has 0 aliphatic rings. The lowest BCUT2D eigenvalue weighted by Crippen LogP contribution is -2.39. The fourth-order valence-electron chi connectivity index (χ4n) is 3.85. The molecule has 0 spiro atoms. The number of aromatic nitrogens is 1. The largest absolute Gasteiger partial charge is 0.503 e. The third-order valence-corrected chi connectivity index (χ3v) is 5.70. The summed E-state index contributed by atoms with van der Waals surface area (Å²) in [7, 11) is 1.39. The second-order valence-electron chi connectivity index (χ2n) is 8.68. The topological polar surface area (TPSA) is 95.0 Å². The highest BCUT2D eigenvalue weighted by atomic mass is 16.6. The molecule has 0 saturated heterocycles. The Balaban J connectivity index is 1.68. The number of ketones is 1. The first kappa shape index (κ1) is 25.0. The molecule has 180 valence electrons. The predicted octanol–water partition coefficient (Wildman–Crippen LogP) is 5.19. The maximum atomic E-state index is 12.8. The van der Waals surface area contributed by atoms with Crippen LogP contribution in [0.2, 0.25) is 0 Å². The minimum absolute atomic E-state index is 0.0663. The lowest BCUT2D eigenvalue weighted by Gasteiger charge is -2.29. The van der Waals surface area contributed by atoms with Crippen LogP contribution in [0.25, 0.3) is 10.8 Å². The van der Waals surface area contributed by atoms with Gasteiger partial charge in [0.05, 0.1) is 13.0 Å². The van der Waals surface area contributed by atoms with Crippen LogP contribution < -0.4 is 9.47 Å². The molecule has 1 heterocycles. The highest BCUT2D eigenvalue weighted by Crippen LogP contribution is 2.30. The van der Waals surface area contributed by atoms with Gasteiger partial charge in [0.15, 0.2) is 23.0 Å². The Bertz CT molecular complexity index is 1150. The van der Waals surface area contributed by atoms with Gasteiger partial charge >= 0.3 is 5.97 Å². The van der Waals surface area contributed by atoms with E-state index in [0.29, 0.717) is 0 Å². The molecule has 1 aromatic heterocycles. The smallest absolute Gasteiger partial charge is 0.309 e. The molecule has 0 radical (unpaired) electrons. The summed E-state index contributed by atoms with van der Waals surface area (Å²) in [5.41, 5.74) is -0.133. The Labute approximate surface area is 199 Å². The lowest BCUT2D eigenvalue weighted by molar-refractivity contribution is -0.158. The minimum atomic E-state index is -0.729. The number of ether oxygens (including phenoxy) is 3. The molecule has 7 heteroatoms. The van der Waals surface area contributed by atoms with Crippen molar-refractivity contribution in [2.24, 2.45) is 11.8 Å². The monoisotopic (exact) mass is 465 g/mol. The third kappa shape index (κ3) is 5.65. The molecular weight excluding hydrogens is 434 g/mol. The number of esters is 1. The standard InChI is InChI=1S/C27H31NO6/c1-16(2)26(34-22-12-8-10-19-9-6-7-11-20(19)22)18(4)33-27(31)17(3)15-21(29)24-25(30)23(32-5)13-14-28-24/h6-14,16-18,26,30H,15H2,1-5H3/t17-,18+,26-/m1/s1. The molecule has 0 unspecified atom stereocenters. The molecule has 34 heavy (non-hydrogen) atoms. The molecule has 3 rings (SSSR count). The minimum Gasteiger partial charge on any atom is -0.503 e. The number of methoxy groups -OCH3 is 1. The maximum absolute atomic E-state index is 12.8. The van der Waals surface area contributed by atoms with E-state index in [1.165, 1.54) is 19.4 Å². The van der Waals surface area contributed by atoms with Crippen molar-refractivity contribution >= 4 is 22.5 Å². The van der Waals surface area contributed by atoms with Crippen molar-refractivity contribution in [2.75, 3.05) is 7.11 Å². The number of carbonyl (C=O) groups is 2. The molecular formula is C27H31NO6. The van der Waals surface area contributed by atoms with Crippen molar-refractivity contribution in [3.63, 3.8) is 0 Å². The van der Waals surface area contributed by atoms with Crippen molar-refractivity contribution < 1.29 is 28.9 Å². The van der Waals surface area contributed by atoms with Crippen molar-refractivity contribution in [1.82, 2.24) is 4.98 Å². The zero-order valence-electron chi connectivity index (χ0n) is 20.1. The maximum Gasteiger partial charge on any atom is 0.309 e. The number of benzene rings is 2. The molecule has 0 saturated carbocycles. The van der Waals surface area contributed by atoms with E-state index in [1.807, 2.05) is 56.3 Å². The lowest BCUT2D eigenvalue weighted by atomic mass is 10.0.